The lowest BCUT2D eigenvalue weighted by molar-refractivity contribution is -0.122. The molecule has 0 bridgehead atoms. The van der Waals surface area contributed by atoms with Gasteiger partial charge in [0.05, 0.1) is 6.54 Å². The minimum absolute atomic E-state index is 0.196. The van der Waals surface area contributed by atoms with Crippen molar-refractivity contribution in [1.29, 1.82) is 0 Å². The van der Waals surface area contributed by atoms with Crippen LogP contribution in [0.2, 0.25) is 0 Å². The smallest absolute Gasteiger partial charge is 0.234 e. The van der Waals surface area contributed by atoms with E-state index in [1.807, 2.05) is 0 Å². The number of hydrogen-bond acceptors (Lipinski definition) is 3. The van der Waals surface area contributed by atoms with Gasteiger partial charge in [-0.3, -0.25) is 9.69 Å². The molecule has 4 heteroatoms. The summed E-state index contributed by atoms with van der Waals surface area (Å²) in [4.78, 5) is 13.9. The van der Waals surface area contributed by atoms with Gasteiger partial charge in [-0.2, -0.15) is 0 Å². The van der Waals surface area contributed by atoms with Crippen molar-refractivity contribution < 1.29 is 4.79 Å². The molecule has 2 rings (SSSR count). The lowest BCUT2D eigenvalue weighted by Crippen LogP contribution is -2.37. The van der Waals surface area contributed by atoms with Gasteiger partial charge < -0.3 is 10.6 Å². The zero-order valence-electron chi connectivity index (χ0n) is 10.2. The number of carbonyl (C=O) groups excluding carboxylic acids is 1. The molecular formula is C12H23N3O. The Morgan fingerprint density at radius 1 is 1.38 bits per heavy atom. The van der Waals surface area contributed by atoms with Crippen LogP contribution in [-0.2, 0) is 4.79 Å². The Hall–Kier alpha value is -0.610. The van der Waals surface area contributed by atoms with Crippen molar-refractivity contribution in [2.45, 2.75) is 19.8 Å². The van der Waals surface area contributed by atoms with Gasteiger partial charge in [-0.25, -0.2) is 0 Å². The Kier molecular flexibility index (Phi) is 4.18. The lowest BCUT2D eigenvalue weighted by atomic mass is 10.0. The van der Waals surface area contributed by atoms with E-state index in [9.17, 15) is 4.79 Å². The summed E-state index contributed by atoms with van der Waals surface area (Å²) in [6, 6.07) is 0. The minimum Gasteiger partial charge on any atom is -0.355 e. The maximum Gasteiger partial charge on any atom is 0.234 e. The zero-order chi connectivity index (χ0) is 11.4. The quantitative estimate of drug-likeness (QED) is 0.650. The average molecular weight is 225 g/mol. The first-order chi connectivity index (χ1) is 7.79. The summed E-state index contributed by atoms with van der Waals surface area (Å²) in [5.41, 5.74) is 0. The van der Waals surface area contributed by atoms with Crippen LogP contribution in [-0.4, -0.2) is 50.1 Å². The highest BCUT2D eigenvalue weighted by atomic mass is 16.2. The van der Waals surface area contributed by atoms with Gasteiger partial charge in [0.1, 0.15) is 0 Å². The molecule has 16 heavy (non-hydrogen) atoms. The molecule has 0 aliphatic carbocycles. The molecule has 2 aliphatic rings. The second-order valence-corrected chi connectivity index (χ2v) is 5.08. The Labute approximate surface area is 97.8 Å². The van der Waals surface area contributed by atoms with Gasteiger partial charge in [-0.05, 0) is 31.3 Å². The van der Waals surface area contributed by atoms with Crippen molar-refractivity contribution in [1.82, 2.24) is 15.5 Å². The SMILES string of the molecule is CCCCNC(=O)CN1C[C@H]2CNC[C@H]2C1. The second kappa shape index (κ2) is 5.64. The van der Waals surface area contributed by atoms with Gasteiger partial charge in [-0.15, -0.1) is 0 Å². The molecule has 0 aromatic heterocycles. The van der Waals surface area contributed by atoms with E-state index in [1.165, 1.54) is 0 Å². The highest BCUT2D eigenvalue weighted by molar-refractivity contribution is 5.78. The monoisotopic (exact) mass is 225 g/mol. The molecule has 2 heterocycles. The van der Waals surface area contributed by atoms with Crippen LogP contribution >= 0.6 is 0 Å². The van der Waals surface area contributed by atoms with Crippen molar-refractivity contribution in [3.8, 4) is 0 Å². The Morgan fingerprint density at radius 3 is 2.69 bits per heavy atom. The highest BCUT2D eigenvalue weighted by Gasteiger charge is 2.36. The molecule has 0 unspecified atom stereocenters. The van der Waals surface area contributed by atoms with Crippen LogP contribution in [0.5, 0.6) is 0 Å². The first-order valence-electron chi connectivity index (χ1n) is 6.49. The number of amides is 1. The molecule has 92 valence electrons. The first kappa shape index (κ1) is 11.9. The predicted molar refractivity (Wildman–Crippen MR) is 64.2 cm³/mol. The van der Waals surface area contributed by atoms with Crippen molar-refractivity contribution in [3.63, 3.8) is 0 Å². The molecule has 4 nitrogen and oxygen atoms in total. The molecule has 2 fully saturated rings. The summed E-state index contributed by atoms with van der Waals surface area (Å²) in [6.45, 7) is 8.03. The van der Waals surface area contributed by atoms with Crippen molar-refractivity contribution >= 4 is 5.91 Å². The summed E-state index contributed by atoms with van der Waals surface area (Å²) in [5, 5.41) is 6.39. The van der Waals surface area contributed by atoms with Crippen LogP contribution in [0.3, 0.4) is 0 Å². The number of nitrogens with one attached hydrogen (secondary N) is 2. The molecule has 1 amide bonds. The molecule has 2 N–H and O–H groups in total. The highest BCUT2D eigenvalue weighted by Crippen LogP contribution is 2.25. The van der Waals surface area contributed by atoms with Gasteiger partial charge in [0.15, 0.2) is 0 Å². The molecule has 2 aliphatic heterocycles. The van der Waals surface area contributed by atoms with E-state index in [-0.39, 0.29) is 5.91 Å². The number of nitrogens with zero attached hydrogens (tertiary/aromatic N) is 1. The summed E-state index contributed by atoms with van der Waals surface area (Å²) in [5.74, 6) is 1.76. The van der Waals surface area contributed by atoms with Crippen molar-refractivity contribution in [3.05, 3.63) is 0 Å². The molecule has 0 aromatic carbocycles. The van der Waals surface area contributed by atoms with E-state index < -0.39 is 0 Å². The van der Waals surface area contributed by atoms with Crippen LogP contribution in [0.15, 0.2) is 0 Å². The van der Waals surface area contributed by atoms with E-state index in [0.29, 0.717) is 6.54 Å². The van der Waals surface area contributed by atoms with Crippen LogP contribution < -0.4 is 10.6 Å². The van der Waals surface area contributed by atoms with E-state index in [0.717, 1.165) is 57.4 Å². The van der Waals surface area contributed by atoms with Gasteiger partial charge in [-0.1, -0.05) is 13.3 Å². The average Bonchev–Trinajstić information content (AvgIpc) is 2.78. The van der Waals surface area contributed by atoms with E-state index in [1.54, 1.807) is 0 Å². The number of unbranched alkanes of at least 4 members (excludes halogenated alkanes) is 1. The lowest BCUT2D eigenvalue weighted by Gasteiger charge is -2.16. The Bertz CT molecular complexity index is 232. The minimum atomic E-state index is 0.196. The van der Waals surface area contributed by atoms with E-state index in [4.69, 9.17) is 0 Å². The molecule has 2 saturated heterocycles. The van der Waals surface area contributed by atoms with Crippen molar-refractivity contribution in [2.24, 2.45) is 11.8 Å². The number of hydrogen-bond donors (Lipinski definition) is 2. The largest absolute Gasteiger partial charge is 0.355 e. The fraction of sp³-hybridized carbons (Fsp3) is 0.917. The summed E-state index contributed by atoms with van der Waals surface area (Å²) in [6.07, 6.45) is 2.22. The third-order valence-corrected chi connectivity index (χ3v) is 3.68. The maximum absolute atomic E-state index is 11.6. The summed E-state index contributed by atoms with van der Waals surface area (Å²) >= 11 is 0. The third-order valence-electron chi connectivity index (χ3n) is 3.68. The zero-order valence-corrected chi connectivity index (χ0v) is 10.2. The topological polar surface area (TPSA) is 44.4 Å². The standard InChI is InChI=1S/C12H23N3O/c1-2-3-4-14-12(16)9-15-7-10-5-13-6-11(10)8-15/h10-11,13H,2-9H2,1H3,(H,14,16)/t10-,11+. The van der Waals surface area contributed by atoms with Gasteiger partial charge in [0.2, 0.25) is 5.91 Å². The summed E-state index contributed by atoms with van der Waals surface area (Å²) < 4.78 is 0. The first-order valence-corrected chi connectivity index (χ1v) is 6.49. The molecule has 0 radical (unpaired) electrons. The number of likely N-dealkylation sites (tertiary alicyclic amines) is 1. The van der Waals surface area contributed by atoms with Crippen LogP contribution in [0.1, 0.15) is 19.8 Å². The fourth-order valence-corrected chi connectivity index (χ4v) is 2.75. The Morgan fingerprint density at radius 2 is 2.06 bits per heavy atom. The molecule has 0 aromatic rings. The summed E-state index contributed by atoms with van der Waals surface area (Å²) in [7, 11) is 0. The van der Waals surface area contributed by atoms with Crippen LogP contribution in [0.25, 0.3) is 0 Å². The number of carbonyl (C=O) groups is 1. The molecule has 0 saturated carbocycles. The van der Waals surface area contributed by atoms with Crippen LogP contribution in [0, 0.1) is 11.8 Å². The van der Waals surface area contributed by atoms with Gasteiger partial charge in [0.25, 0.3) is 0 Å². The predicted octanol–water partition coefficient (Wildman–Crippen LogP) is 0.0539. The normalized spacial score (nSPS) is 29.3. The third kappa shape index (κ3) is 2.95. The number of rotatable bonds is 5. The molecule has 2 atom stereocenters. The second-order valence-electron chi connectivity index (χ2n) is 5.08. The maximum atomic E-state index is 11.6. The van der Waals surface area contributed by atoms with E-state index in [2.05, 4.69) is 22.5 Å². The molecular weight excluding hydrogens is 202 g/mol. The Balaban J connectivity index is 1.65. The fourth-order valence-electron chi connectivity index (χ4n) is 2.75. The van der Waals surface area contributed by atoms with Gasteiger partial charge in [0, 0.05) is 19.6 Å². The number of fused-ring (bicyclic) bond motifs is 1. The van der Waals surface area contributed by atoms with Gasteiger partial charge >= 0.3 is 0 Å². The molecule has 0 spiro atoms. The van der Waals surface area contributed by atoms with Crippen LogP contribution in [0.4, 0.5) is 0 Å². The van der Waals surface area contributed by atoms with Crippen molar-refractivity contribution in [2.75, 3.05) is 39.3 Å². The van der Waals surface area contributed by atoms with E-state index >= 15 is 0 Å².